The van der Waals surface area contributed by atoms with E-state index in [4.69, 9.17) is 28.6 Å². The lowest BCUT2D eigenvalue weighted by Crippen LogP contribution is -2.03. The molecule has 0 saturated heterocycles. The van der Waals surface area contributed by atoms with Gasteiger partial charge in [0.2, 0.25) is 0 Å². The molecule has 0 aliphatic rings. The van der Waals surface area contributed by atoms with Gasteiger partial charge in [-0.3, -0.25) is 4.57 Å². The van der Waals surface area contributed by atoms with Crippen molar-refractivity contribution in [3.63, 3.8) is 0 Å². The molecule has 0 amide bonds. The van der Waals surface area contributed by atoms with Crippen LogP contribution in [0.15, 0.2) is 30.5 Å². The van der Waals surface area contributed by atoms with Crippen molar-refractivity contribution in [2.45, 2.75) is 13.5 Å². The van der Waals surface area contributed by atoms with E-state index in [1.807, 2.05) is 35.8 Å². The number of hydrogen-bond acceptors (Lipinski definition) is 3. The number of aryl methyl sites for hydroxylation is 1. The summed E-state index contributed by atoms with van der Waals surface area (Å²) in [6.45, 7) is 2.54. The third-order valence-corrected chi connectivity index (χ3v) is 4.16. The lowest BCUT2D eigenvalue weighted by atomic mass is 10.2. The predicted molar refractivity (Wildman–Crippen MR) is 86.8 cm³/mol. The summed E-state index contributed by atoms with van der Waals surface area (Å²) in [5.41, 5.74) is 3.77. The van der Waals surface area contributed by atoms with Gasteiger partial charge in [-0.25, -0.2) is 4.98 Å². The topological polar surface area (TPSA) is 42.8 Å². The summed E-state index contributed by atoms with van der Waals surface area (Å²) < 4.78 is 7.94. The molecule has 0 unspecified atom stereocenters. The Kier molecular flexibility index (Phi) is 3.69. The maximum atomic E-state index is 6.30. The standard InChI is InChI=1S/C15H14ClN3OS/c1-9-6-7-17-14-13(9)18-15(21)19(14)8-10-11(16)4-3-5-12(10)20-2/h3-7H,8H2,1-2H3,(H,18,21). The molecule has 0 fully saturated rings. The monoisotopic (exact) mass is 319 g/mol. The summed E-state index contributed by atoms with van der Waals surface area (Å²) in [5.74, 6) is 0.742. The van der Waals surface area contributed by atoms with Crippen molar-refractivity contribution in [2.75, 3.05) is 7.11 Å². The Bertz CT molecular complexity index is 869. The van der Waals surface area contributed by atoms with Gasteiger partial charge >= 0.3 is 0 Å². The van der Waals surface area contributed by atoms with Crippen LogP contribution in [-0.4, -0.2) is 21.6 Å². The second-order valence-corrected chi connectivity index (χ2v) is 5.56. The van der Waals surface area contributed by atoms with Gasteiger partial charge in [-0.15, -0.1) is 0 Å². The van der Waals surface area contributed by atoms with E-state index >= 15 is 0 Å². The number of aromatic nitrogens is 3. The summed E-state index contributed by atoms with van der Waals surface area (Å²) in [4.78, 5) is 7.63. The van der Waals surface area contributed by atoms with Gasteiger partial charge in [-0.2, -0.15) is 0 Å². The molecule has 2 aromatic heterocycles. The molecule has 4 nitrogen and oxygen atoms in total. The lowest BCUT2D eigenvalue weighted by molar-refractivity contribution is 0.408. The second-order valence-electron chi connectivity index (χ2n) is 4.76. The molecule has 3 rings (SSSR count). The number of nitrogens with one attached hydrogen (secondary N) is 1. The normalized spacial score (nSPS) is 11.0. The van der Waals surface area contributed by atoms with Gasteiger partial charge < -0.3 is 9.72 Å². The molecule has 0 atom stereocenters. The summed E-state index contributed by atoms with van der Waals surface area (Å²) in [7, 11) is 1.63. The van der Waals surface area contributed by atoms with Crippen LogP contribution in [0.4, 0.5) is 0 Å². The number of benzene rings is 1. The van der Waals surface area contributed by atoms with Crippen LogP contribution in [0.1, 0.15) is 11.1 Å². The second kappa shape index (κ2) is 5.50. The van der Waals surface area contributed by atoms with Crippen molar-refractivity contribution >= 4 is 35.0 Å². The number of methoxy groups -OCH3 is 1. The van der Waals surface area contributed by atoms with E-state index in [2.05, 4.69) is 9.97 Å². The highest BCUT2D eigenvalue weighted by Gasteiger charge is 2.13. The van der Waals surface area contributed by atoms with E-state index in [0.717, 1.165) is 28.0 Å². The van der Waals surface area contributed by atoms with Crippen molar-refractivity contribution in [3.05, 3.63) is 51.4 Å². The third-order valence-electron chi connectivity index (χ3n) is 3.48. The maximum absolute atomic E-state index is 6.30. The molecule has 2 heterocycles. The smallest absolute Gasteiger partial charge is 0.179 e. The van der Waals surface area contributed by atoms with E-state index < -0.39 is 0 Å². The quantitative estimate of drug-likeness (QED) is 0.739. The average molecular weight is 320 g/mol. The molecule has 108 valence electrons. The van der Waals surface area contributed by atoms with Gasteiger partial charge in [0.05, 0.1) is 19.2 Å². The van der Waals surface area contributed by atoms with Crippen molar-refractivity contribution in [1.82, 2.24) is 14.5 Å². The highest BCUT2D eigenvalue weighted by molar-refractivity contribution is 7.71. The van der Waals surface area contributed by atoms with Crippen LogP contribution in [0.3, 0.4) is 0 Å². The first-order valence-corrected chi connectivity index (χ1v) is 7.26. The Balaban J connectivity index is 2.18. The molecule has 0 radical (unpaired) electrons. The summed E-state index contributed by atoms with van der Waals surface area (Å²) in [6.07, 6.45) is 1.78. The Labute approximate surface area is 132 Å². The van der Waals surface area contributed by atoms with Crippen molar-refractivity contribution in [2.24, 2.45) is 0 Å². The number of hydrogen-bond donors (Lipinski definition) is 1. The molecule has 0 saturated carbocycles. The number of fused-ring (bicyclic) bond motifs is 1. The van der Waals surface area contributed by atoms with Crippen molar-refractivity contribution < 1.29 is 4.74 Å². The molecule has 3 aromatic rings. The minimum atomic E-state index is 0.512. The van der Waals surface area contributed by atoms with Crippen LogP contribution >= 0.6 is 23.8 Å². The van der Waals surface area contributed by atoms with E-state index in [-0.39, 0.29) is 0 Å². The predicted octanol–water partition coefficient (Wildman–Crippen LogP) is 4.11. The number of rotatable bonds is 3. The van der Waals surface area contributed by atoms with Gasteiger partial charge in [0.25, 0.3) is 0 Å². The number of halogens is 1. The van der Waals surface area contributed by atoms with E-state index in [1.165, 1.54) is 0 Å². The fraction of sp³-hybridized carbons (Fsp3) is 0.200. The van der Waals surface area contributed by atoms with Gasteiger partial charge in [0.1, 0.15) is 5.75 Å². The van der Waals surface area contributed by atoms with Gasteiger partial charge in [0, 0.05) is 16.8 Å². The Hall–Kier alpha value is -1.85. The first kappa shape index (κ1) is 14.1. The zero-order valence-electron chi connectivity index (χ0n) is 11.7. The maximum Gasteiger partial charge on any atom is 0.179 e. The molecule has 6 heteroatoms. The van der Waals surface area contributed by atoms with Gasteiger partial charge in [0.15, 0.2) is 10.4 Å². The molecular formula is C15H14ClN3OS. The van der Waals surface area contributed by atoms with Crippen LogP contribution < -0.4 is 4.74 Å². The highest BCUT2D eigenvalue weighted by atomic mass is 35.5. The number of ether oxygens (including phenoxy) is 1. The first-order chi connectivity index (χ1) is 10.1. The summed E-state index contributed by atoms with van der Waals surface area (Å²) in [6, 6.07) is 7.55. The minimum Gasteiger partial charge on any atom is -0.496 e. The van der Waals surface area contributed by atoms with Crippen LogP contribution in [0, 0.1) is 11.7 Å². The molecule has 0 bridgehead atoms. The summed E-state index contributed by atoms with van der Waals surface area (Å²) in [5, 5.41) is 0.651. The van der Waals surface area contributed by atoms with Gasteiger partial charge in [-0.1, -0.05) is 17.7 Å². The largest absolute Gasteiger partial charge is 0.496 e. The minimum absolute atomic E-state index is 0.512. The number of H-pyrrole nitrogens is 1. The molecule has 0 spiro atoms. The fourth-order valence-electron chi connectivity index (χ4n) is 2.36. The van der Waals surface area contributed by atoms with Crippen molar-refractivity contribution in [3.8, 4) is 5.75 Å². The average Bonchev–Trinajstić information content (AvgIpc) is 2.79. The van der Waals surface area contributed by atoms with E-state index in [1.54, 1.807) is 13.3 Å². The Morgan fingerprint density at radius 3 is 2.95 bits per heavy atom. The molecule has 21 heavy (non-hydrogen) atoms. The highest BCUT2D eigenvalue weighted by Crippen LogP contribution is 2.28. The fourth-order valence-corrected chi connectivity index (χ4v) is 2.84. The van der Waals surface area contributed by atoms with E-state index in [9.17, 15) is 0 Å². The Morgan fingerprint density at radius 2 is 2.19 bits per heavy atom. The van der Waals surface area contributed by atoms with Crippen molar-refractivity contribution in [1.29, 1.82) is 0 Å². The van der Waals surface area contributed by atoms with Crippen LogP contribution in [0.25, 0.3) is 11.2 Å². The van der Waals surface area contributed by atoms with Crippen LogP contribution in [0.2, 0.25) is 5.02 Å². The first-order valence-electron chi connectivity index (χ1n) is 6.47. The zero-order valence-corrected chi connectivity index (χ0v) is 13.3. The Morgan fingerprint density at radius 1 is 1.38 bits per heavy atom. The number of imidazole rings is 1. The molecular weight excluding hydrogens is 306 g/mol. The van der Waals surface area contributed by atoms with E-state index in [0.29, 0.717) is 16.3 Å². The molecule has 0 aliphatic carbocycles. The summed E-state index contributed by atoms with van der Waals surface area (Å²) >= 11 is 11.7. The molecule has 1 aromatic carbocycles. The number of aromatic amines is 1. The number of nitrogens with zero attached hydrogens (tertiary/aromatic N) is 2. The van der Waals surface area contributed by atoms with Gasteiger partial charge in [-0.05, 0) is 42.9 Å². The van der Waals surface area contributed by atoms with Crippen LogP contribution in [0.5, 0.6) is 5.75 Å². The number of pyridine rings is 1. The SMILES string of the molecule is COc1cccc(Cl)c1Cn1c(=S)[nH]c2c(C)ccnc21. The molecule has 0 aliphatic heterocycles. The lowest BCUT2D eigenvalue weighted by Gasteiger charge is -2.11. The van der Waals surface area contributed by atoms with Crippen LogP contribution in [-0.2, 0) is 6.54 Å². The molecule has 1 N–H and O–H groups in total. The zero-order chi connectivity index (χ0) is 15.0. The third kappa shape index (κ3) is 2.43.